The van der Waals surface area contributed by atoms with Gasteiger partial charge in [0, 0.05) is 25.3 Å². The van der Waals surface area contributed by atoms with E-state index in [1.54, 1.807) is 0 Å². The summed E-state index contributed by atoms with van der Waals surface area (Å²) in [6, 6.07) is 17.6. The number of hydrogen-bond acceptors (Lipinski definition) is 3. The minimum Gasteiger partial charge on any atom is -0.355 e. The highest BCUT2D eigenvalue weighted by atomic mass is 35.5. The number of nitrogens with zero attached hydrogens (tertiary/aromatic N) is 1. The second kappa shape index (κ2) is 8.56. The van der Waals surface area contributed by atoms with E-state index in [4.69, 9.17) is 0 Å². The quantitative estimate of drug-likeness (QED) is 0.907. The maximum absolute atomic E-state index is 12.8. The highest BCUT2D eigenvalue weighted by Crippen LogP contribution is 2.22. The standard InChI is InChI=1S/C18H21N3O.ClH/c22-18(21-13-6-11-19-12-14-21)16-9-4-5-10-17(16)20-15-7-2-1-3-8-15;/h1-5,7-10,19-20H,6,11-14H2;1H. The molecule has 1 heterocycles. The summed E-state index contributed by atoms with van der Waals surface area (Å²) in [4.78, 5) is 14.8. The van der Waals surface area contributed by atoms with Crippen molar-refractivity contribution >= 4 is 29.7 Å². The number of rotatable bonds is 3. The minimum atomic E-state index is 0. The summed E-state index contributed by atoms with van der Waals surface area (Å²) in [5.74, 6) is 0.0998. The van der Waals surface area contributed by atoms with Crippen molar-refractivity contribution in [3.05, 3.63) is 60.2 Å². The molecule has 1 aliphatic rings. The summed E-state index contributed by atoms with van der Waals surface area (Å²) >= 11 is 0. The van der Waals surface area contributed by atoms with Gasteiger partial charge >= 0.3 is 0 Å². The second-order valence-electron chi connectivity index (χ2n) is 5.43. The third kappa shape index (κ3) is 4.47. The highest BCUT2D eigenvalue weighted by molar-refractivity contribution is 6.00. The molecule has 1 saturated heterocycles. The van der Waals surface area contributed by atoms with Crippen LogP contribution in [0, 0.1) is 0 Å². The van der Waals surface area contributed by atoms with Gasteiger partial charge in [0.1, 0.15) is 0 Å². The molecule has 4 nitrogen and oxygen atoms in total. The molecular weight excluding hydrogens is 310 g/mol. The largest absolute Gasteiger partial charge is 0.355 e. The molecule has 0 radical (unpaired) electrons. The van der Waals surface area contributed by atoms with Crippen LogP contribution < -0.4 is 10.6 Å². The van der Waals surface area contributed by atoms with E-state index in [1.165, 1.54) is 0 Å². The van der Waals surface area contributed by atoms with Crippen molar-refractivity contribution in [3.8, 4) is 0 Å². The van der Waals surface area contributed by atoms with Crippen molar-refractivity contribution in [2.24, 2.45) is 0 Å². The van der Waals surface area contributed by atoms with Crippen LogP contribution in [0.5, 0.6) is 0 Å². The van der Waals surface area contributed by atoms with E-state index in [0.717, 1.165) is 49.5 Å². The van der Waals surface area contributed by atoms with Crippen molar-refractivity contribution in [1.82, 2.24) is 10.2 Å². The number of amides is 1. The molecule has 2 N–H and O–H groups in total. The zero-order chi connectivity index (χ0) is 15.2. The molecule has 1 amide bonds. The Hall–Kier alpha value is -2.04. The first-order valence-electron chi connectivity index (χ1n) is 7.76. The second-order valence-corrected chi connectivity index (χ2v) is 5.43. The van der Waals surface area contributed by atoms with Crippen LogP contribution in [-0.2, 0) is 0 Å². The fourth-order valence-electron chi connectivity index (χ4n) is 2.67. The number of anilines is 2. The average Bonchev–Trinajstić information content (AvgIpc) is 2.85. The van der Waals surface area contributed by atoms with E-state index in [0.29, 0.717) is 0 Å². The summed E-state index contributed by atoms with van der Waals surface area (Å²) in [5, 5.41) is 6.67. The molecule has 0 saturated carbocycles. The Morgan fingerprint density at radius 1 is 0.957 bits per heavy atom. The van der Waals surface area contributed by atoms with Gasteiger partial charge in [0.05, 0.1) is 11.3 Å². The van der Waals surface area contributed by atoms with Gasteiger partial charge in [-0.15, -0.1) is 12.4 Å². The Bertz CT molecular complexity index is 625. The molecule has 1 fully saturated rings. The molecule has 1 aliphatic heterocycles. The van der Waals surface area contributed by atoms with E-state index >= 15 is 0 Å². The normalized spacial score (nSPS) is 14.5. The van der Waals surface area contributed by atoms with Gasteiger partial charge in [-0.25, -0.2) is 0 Å². The molecule has 0 spiro atoms. The maximum Gasteiger partial charge on any atom is 0.256 e. The maximum atomic E-state index is 12.8. The molecule has 0 unspecified atom stereocenters. The molecule has 0 aliphatic carbocycles. The summed E-state index contributed by atoms with van der Waals surface area (Å²) in [5.41, 5.74) is 2.57. The van der Waals surface area contributed by atoms with Gasteiger partial charge in [-0.1, -0.05) is 30.3 Å². The Balaban J connectivity index is 0.00000192. The lowest BCUT2D eigenvalue weighted by Crippen LogP contribution is -2.34. The number of benzene rings is 2. The Morgan fingerprint density at radius 3 is 2.52 bits per heavy atom. The third-order valence-corrected chi connectivity index (χ3v) is 3.84. The first-order chi connectivity index (χ1) is 10.8. The first-order valence-corrected chi connectivity index (χ1v) is 7.76. The van der Waals surface area contributed by atoms with Crippen LogP contribution in [0.15, 0.2) is 54.6 Å². The fraction of sp³-hybridized carbons (Fsp3) is 0.278. The van der Waals surface area contributed by atoms with E-state index in [-0.39, 0.29) is 18.3 Å². The predicted octanol–water partition coefficient (Wildman–Crippen LogP) is 3.29. The van der Waals surface area contributed by atoms with Crippen LogP contribution in [0.3, 0.4) is 0 Å². The topological polar surface area (TPSA) is 44.4 Å². The van der Waals surface area contributed by atoms with Crippen molar-refractivity contribution in [2.75, 3.05) is 31.5 Å². The monoisotopic (exact) mass is 331 g/mol. The van der Waals surface area contributed by atoms with Crippen molar-refractivity contribution in [3.63, 3.8) is 0 Å². The molecule has 3 rings (SSSR count). The molecule has 0 bridgehead atoms. The molecule has 122 valence electrons. The molecular formula is C18H22ClN3O. The summed E-state index contributed by atoms with van der Waals surface area (Å²) in [6.45, 7) is 3.41. The van der Waals surface area contributed by atoms with Gasteiger partial charge in [-0.2, -0.15) is 0 Å². The van der Waals surface area contributed by atoms with Crippen molar-refractivity contribution in [1.29, 1.82) is 0 Å². The predicted molar refractivity (Wildman–Crippen MR) is 96.8 cm³/mol. The summed E-state index contributed by atoms with van der Waals surface area (Å²) in [7, 11) is 0. The van der Waals surface area contributed by atoms with Crippen LogP contribution in [0.1, 0.15) is 16.8 Å². The molecule has 2 aromatic rings. The number of hydrogen-bond donors (Lipinski definition) is 2. The van der Waals surface area contributed by atoms with Gasteiger partial charge in [0.15, 0.2) is 0 Å². The van der Waals surface area contributed by atoms with Gasteiger partial charge in [-0.05, 0) is 37.2 Å². The number of carbonyl (C=O) groups is 1. The van der Waals surface area contributed by atoms with E-state index < -0.39 is 0 Å². The van der Waals surface area contributed by atoms with Crippen LogP contribution >= 0.6 is 12.4 Å². The van der Waals surface area contributed by atoms with E-state index in [2.05, 4.69) is 10.6 Å². The average molecular weight is 332 g/mol. The molecule has 23 heavy (non-hydrogen) atoms. The first kappa shape index (κ1) is 17.3. The van der Waals surface area contributed by atoms with Gasteiger partial charge < -0.3 is 15.5 Å². The summed E-state index contributed by atoms with van der Waals surface area (Å²) < 4.78 is 0. The Labute approximate surface area is 143 Å². The van der Waals surface area contributed by atoms with Crippen LogP contribution in [0.2, 0.25) is 0 Å². The Kier molecular flexibility index (Phi) is 6.44. The molecule has 2 aromatic carbocycles. The third-order valence-electron chi connectivity index (χ3n) is 3.84. The lowest BCUT2D eigenvalue weighted by molar-refractivity contribution is 0.0767. The smallest absolute Gasteiger partial charge is 0.256 e. The zero-order valence-corrected chi connectivity index (χ0v) is 13.8. The number of para-hydroxylation sites is 2. The highest BCUT2D eigenvalue weighted by Gasteiger charge is 2.19. The number of halogens is 1. The Morgan fingerprint density at radius 2 is 1.70 bits per heavy atom. The van der Waals surface area contributed by atoms with Crippen LogP contribution in [-0.4, -0.2) is 37.0 Å². The molecule has 0 aromatic heterocycles. The lowest BCUT2D eigenvalue weighted by atomic mass is 10.1. The van der Waals surface area contributed by atoms with Crippen molar-refractivity contribution < 1.29 is 4.79 Å². The van der Waals surface area contributed by atoms with Crippen molar-refractivity contribution in [2.45, 2.75) is 6.42 Å². The van der Waals surface area contributed by atoms with Gasteiger partial charge in [0.25, 0.3) is 5.91 Å². The number of carbonyl (C=O) groups excluding carboxylic acids is 1. The zero-order valence-electron chi connectivity index (χ0n) is 13.0. The van der Waals surface area contributed by atoms with Gasteiger partial charge in [0.2, 0.25) is 0 Å². The van der Waals surface area contributed by atoms with E-state index in [1.807, 2.05) is 59.5 Å². The van der Waals surface area contributed by atoms with E-state index in [9.17, 15) is 4.79 Å². The minimum absolute atomic E-state index is 0. The van der Waals surface area contributed by atoms with Crippen LogP contribution in [0.25, 0.3) is 0 Å². The molecule has 0 atom stereocenters. The fourth-order valence-corrected chi connectivity index (χ4v) is 2.67. The lowest BCUT2D eigenvalue weighted by Gasteiger charge is -2.22. The van der Waals surface area contributed by atoms with Crippen LogP contribution in [0.4, 0.5) is 11.4 Å². The SMILES string of the molecule is Cl.O=C(c1ccccc1Nc1ccccc1)N1CCCNCC1. The van der Waals surface area contributed by atoms with Gasteiger partial charge in [-0.3, -0.25) is 4.79 Å². The summed E-state index contributed by atoms with van der Waals surface area (Å²) in [6.07, 6.45) is 1.00. The molecule has 5 heteroatoms. The number of nitrogens with one attached hydrogen (secondary N) is 2.